The highest BCUT2D eigenvalue weighted by molar-refractivity contribution is 5.94. The molecule has 0 aromatic heterocycles. The van der Waals surface area contributed by atoms with E-state index in [-0.39, 0.29) is 24.1 Å². The van der Waals surface area contributed by atoms with Crippen molar-refractivity contribution in [3.05, 3.63) is 29.8 Å². The number of hydrogen-bond donors (Lipinski definition) is 3. The molecule has 0 saturated heterocycles. The highest BCUT2D eigenvalue weighted by atomic mass is 35.5. The Kier molecular flexibility index (Phi) is 6.49. The molecule has 0 atom stereocenters. The van der Waals surface area contributed by atoms with Gasteiger partial charge >= 0.3 is 0 Å². The summed E-state index contributed by atoms with van der Waals surface area (Å²) in [7, 11) is 0. The van der Waals surface area contributed by atoms with Crippen LogP contribution in [-0.2, 0) is 0 Å². The first-order valence-corrected chi connectivity index (χ1v) is 4.51. The van der Waals surface area contributed by atoms with Gasteiger partial charge in [-0.3, -0.25) is 4.79 Å². The molecular formula is C10H15ClN2O2. The molecule has 0 aliphatic carbocycles. The van der Waals surface area contributed by atoms with Crippen molar-refractivity contribution in [1.82, 2.24) is 5.32 Å². The van der Waals surface area contributed by atoms with E-state index in [1.165, 1.54) is 12.1 Å². The highest BCUT2D eigenvalue weighted by Crippen LogP contribution is 2.09. The number of nitrogens with one attached hydrogen (secondary N) is 1. The van der Waals surface area contributed by atoms with E-state index in [0.29, 0.717) is 18.7 Å². The second-order valence-corrected chi connectivity index (χ2v) is 2.95. The average molecular weight is 231 g/mol. The molecule has 5 heteroatoms. The van der Waals surface area contributed by atoms with Gasteiger partial charge in [0.15, 0.2) is 0 Å². The maximum atomic E-state index is 11.4. The van der Waals surface area contributed by atoms with Gasteiger partial charge in [-0.25, -0.2) is 0 Å². The first-order valence-electron chi connectivity index (χ1n) is 4.51. The van der Waals surface area contributed by atoms with Crippen LogP contribution in [0.5, 0.6) is 5.75 Å². The van der Waals surface area contributed by atoms with Crippen LogP contribution in [0.15, 0.2) is 24.3 Å². The standard InChI is InChI=1S/C10H14N2O2.ClH/c11-6-1-7-12-10(14)8-2-4-9(13)5-3-8;/h2-5,13H,1,6-7,11H2,(H,12,14);1H. The Morgan fingerprint density at radius 1 is 1.33 bits per heavy atom. The van der Waals surface area contributed by atoms with Crippen LogP contribution < -0.4 is 11.1 Å². The zero-order valence-corrected chi connectivity index (χ0v) is 9.09. The number of rotatable bonds is 4. The van der Waals surface area contributed by atoms with E-state index >= 15 is 0 Å². The Hall–Kier alpha value is -1.26. The molecule has 1 amide bonds. The molecule has 1 rings (SSSR count). The van der Waals surface area contributed by atoms with E-state index < -0.39 is 0 Å². The molecule has 0 radical (unpaired) electrons. The predicted molar refractivity (Wildman–Crippen MR) is 61.4 cm³/mol. The van der Waals surface area contributed by atoms with Gasteiger partial charge in [0.1, 0.15) is 5.75 Å². The summed E-state index contributed by atoms with van der Waals surface area (Å²) in [4.78, 5) is 11.4. The normalized spacial score (nSPS) is 9.13. The summed E-state index contributed by atoms with van der Waals surface area (Å²) in [6, 6.07) is 6.12. The average Bonchev–Trinajstić information content (AvgIpc) is 2.19. The van der Waals surface area contributed by atoms with Crippen LogP contribution in [0.25, 0.3) is 0 Å². The van der Waals surface area contributed by atoms with E-state index in [9.17, 15) is 4.79 Å². The van der Waals surface area contributed by atoms with Gasteiger partial charge in [-0.05, 0) is 37.2 Å². The van der Waals surface area contributed by atoms with Crippen molar-refractivity contribution in [2.45, 2.75) is 6.42 Å². The first kappa shape index (κ1) is 13.7. The summed E-state index contributed by atoms with van der Waals surface area (Å²) in [5.74, 6) is 0.0157. The zero-order chi connectivity index (χ0) is 10.4. The van der Waals surface area contributed by atoms with Crippen LogP contribution in [0.3, 0.4) is 0 Å². The van der Waals surface area contributed by atoms with E-state index in [2.05, 4.69) is 5.32 Å². The predicted octanol–water partition coefficient (Wildman–Crippen LogP) is 0.893. The summed E-state index contributed by atoms with van der Waals surface area (Å²) in [5, 5.41) is 11.7. The lowest BCUT2D eigenvalue weighted by atomic mass is 10.2. The second kappa shape index (κ2) is 7.09. The summed E-state index contributed by atoms with van der Waals surface area (Å²) >= 11 is 0. The van der Waals surface area contributed by atoms with Gasteiger partial charge in [0.2, 0.25) is 0 Å². The Morgan fingerprint density at radius 3 is 2.47 bits per heavy atom. The maximum absolute atomic E-state index is 11.4. The summed E-state index contributed by atoms with van der Waals surface area (Å²) < 4.78 is 0. The number of carbonyl (C=O) groups excluding carboxylic acids is 1. The third-order valence-corrected chi connectivity index (χ3v) is 1.80. The fourth-order valence-corrected chi connectivity index (χ4v) is 1.02. The van der Waals surface area contributed by atoms with E-state index in [0.717, 1.165) is 6.42 Å². The zero-order valence-electron chi connectivity index (χ0n) is 8.27. The van der Waals surface area contributed by atoms with Crippen molar-refractivity contribution in [2.24, 2.45) is 5.73 Å². The third kappa shape index (κ3) is 4.67. The van der Waals surface area contributed by atoms with Crippen LogP contribution in [-0.4, -0.2) is 24.1 Å². The quantitative estimate of drug-likeness (QED) is 0.673. The molecule has 15 heavy (non-hydrogen) atoms. The van der Waals surface area contributed by atoms with E-state index in [4.69, 9.17) is 10.8 Å². The van der Waals surface area contributed by atoms with Gasteiger partial charge in [-0.2, -0.15) is 0 Å². The SMILES string of the molecule is Cl.NCCCNC(=O)c1ccc(O)cc1. The summed E-state index contributed by atoms with van der Waals surface area (Å²) in [5.41, 5.74) is 5.83. The Labute approximate surface area is 94.9 Å². The number of nitrogens with two attached hydrogens (primary N) is 1. The van der Waals surface area contributed by atoms with Crippen LogP contribution in [0, 0.1) is 0 Å². The molecule has 0 aliphatic rings. The molecule has 0 fully saturated rings. The monoisotopic (exact) mass is 230 g/mol. The maximum Gasteiger partial charge on any atom is 0.251 e. The number of amides is 1. The smallest absolute Gasteiger partial charge is 0.251 e. The van der Waals surface area contributed by atoms with E-state index in [1.807, 2.05) is 0 Å². The molecule has 1 aromatic rings. The van der Waals surface area contributed by atoms with Crippen molar-refractivity contribution >= 4 is 18.3 Å². The molecule has 0 spiro atoms. The molecule has 0 saturated carbocycles. The van der Waals surface area contributed by atoms with Crippen molar-refractivity contribution in [2.75, 3.05) is 13.1 Å². The molecule has 0 bridgehead atoms. The number of phenolic OH excluding ortho intramolecular Hbond substituents is 1. The number of halogens is 1. The van der Waals surface area contributed by atoms with Crippen LogP contribution in [0.1, 0.15) is 16.8 Å². The molecule has 4 N–H and O–H groups in total. The molecular weight excluding hydrogens is 216 g/mol. The summed E-state index contributed by atoms with van der Waals surface area (Å²) in [6.07, 6.45) is 0.768. The number of phenols is 1. The number of aromatic hydroxyl groups is 1. The van der Waals surface area contributed by atoms with Crippen molar-refractivity contribution in [3.8, 4) is 5.75 Å². The van der Waals surface area contributed by atoms with Crippen molar-refractivity contribution < 1.29 is 9.90 Å². The fraction of sp³-hybridized carbons (Fsp3) is 0.300. The van der Waals surface area contributed by atoms with Crippen LogP contribution in [0.4, 0.5) is 0 Å². The third-order valence-electron chi connectivity index (χ3n) is 1.80. The summed E-state index contributed by atoms with van der Waals surface area (Å²) in [6.45, 7) is 1.14. The minimum atomic E-state index is -0.140. The lowest BCUT2D eigenvalue weighted by Crippen LogP contribution is -2.25. The molecule has 4 nitrogen and oxygen atoms in total. The Bertz CT molecular complexity index is 301. The van der Waals surface area contributed by atoms with Gasteiger partial charge in [-0.1, -0.05) is 0 Å². The van der Waals surface area contributed by atoms with Gasteiger partial charge in [-0.15, -0.1) is 12.4 Å². The Morgan fingerprint density at radius 2 is 1.93 bits per heavy atom. The van der Waals surface area contributed by atoms with Crippen molar-refractivity contribution in [1.29, 1.82) is 0 Å². The lowest BCUT2D eigenvalue weighted by Gasteiger charge is -2.03. The van der Waals surface area contributed by atoms with Crippen molar-refractivity contribution in [3.63, 3.8) is 0 Å². The second-order valence-electron chi connectivity index (χ2n) is 2.95. The van der Waals surface area contributed by atoms with Gasteiger partial charge in [0.05, 0.1) is 0 Å². The molecule has 0 aliphatic heterocycles. The Balaban J connectivity index is 0.00000196. The largest absolute Gasteiger partial charge is 0.508 e. The lowest BCUT2D eigenvalue weighted by molar-refractivity contribution is 0.0953. The van der Waals surface area contributed by atoms with Crippen LogP contribution >= 0.6 is 12.4 Å². The van der Waals surface area contributed by atoms with E-state index in [1.54, 1.807) is 12.1 Å². The fourth-order valence-electron chi connectivity index (χ4n) is 1.02. The number of hydrogen-bond acceptors (Lipinski definition) is 3. The van der Waals surface area contributed by atoms with Crippen LogP contribution in [0.2, 0.25) is 0 Å². The van der Waals surface area contributed by atoms with Gasteiger partial charge in [0, 0.05) is 12.1 Å². The molecule has 0 heterocycles. The highest BCUT2D eigenvalue weighted by Gasteiger charge is 2.03. The minimum Gasteiger partial charge on any atom is -0.508 e. The molecule has 1 aromatic carbocycles. The minimum absolute atomic E-state index is 0. The number of carbonyl (C=O) groups is 1. The van der Waals surface area contributed by atoms with Gasteiger partial charge < -0.3 is 16.2 Å². The molecule has 0 unspecified atom stereocenters. The topological polar surface area (TPSA) is 75.3 Å². The number of benzene rings is 1. The molecule has 84 valence electrons. The first-order chi connectivity index (χ1) is 6.74. The van der Waals surface area contributed by atoms with Gasteiger partial charge in [0.25, 0.3) is 5.91 Å².